The van der Waals surface area contributed by atoms with Crippen molar-refractivity contribution in [3.63, 3.8) is 0 Å². The quantitative estimate of drug-likeness (QED) is 0.904. The Kier molecular flexibility index (Phi) is 3.25. The van der Waals surface area contributed by atoms with Gasteiger partial charge in [0.15, 0.2) is 0 Å². The smallest absolute Gasteiger partial charge is 0.126 e. The molecule has 114 valence electrons. The monoisotopic (exact) mass is 294 g/mol. The molecule has 0 radical (unpaired) electrons. The molecule has 0 aromatic carbocycles. The lowest BCUT2D eigenvalue weighted by Crippen LogP contribution is -2.40. The Morgan fingerprint density at radius 1 is 1.23 bits per heavy atom. The summed E-state index contributed by atoms with van der Waals surface area (Å²) in [4.78, 5) is 8.90. The van der Waals surface area contributed by atoms with Crippen LogP contribution in [0.5, 0.6) is 0 Å². The minimum Gasteiger partial charge on any atom is -0.380 e. The van der Waals surface area contributed by atoms with Gasteiger partial charge in [0.1, 0.15) is 5.82 Å². The molecule has 1 saturated carbocycles. The molecule has 4 heteroatoms. The van der Waals surface area contributed by atoms with Crippen molar-refractivity contribution in [2.75, 3.05) is 10.6 Å². The third-order valence-corrected chi connectivity index (χ3v) is 4.93. The predicted octanol–water partition coefficient (Wildman–Crippen LogP) is 3.78. The van der Waals surface area contributed by atoms with E-state index in [0.717, 1.165) is 17.4 Å². The highest BCUT2D eigenvalue weighted by molar-refractivity contribution is 5.57. The van der Waals surface area contributed by atoms with E-state index < -0.39 is 0 Å². The van der Waals surface area contributed by atoms with Crippen LogP contribution in [0, 0.1) is 18.8 Å². The fourth-order valence-corrected chi connectivity index (χ4v) is 3.59. The van der Waals surface area contributed by atoms with Crippen LogP contribution in [0.1, 0.15) is 37.1 Å². The Balaban J connectivity index is 1.68. The van der Waals surface area contributed by atoms with Crippen molar-refractivity contribution < 1.29 is 0 Å². The zero-order valence-corrected chi connectivity index (χ0v) is 13.1. The first-order valence-electron chi connectivity index (χ1n) is 8.13. The summed E-state index contributed by atoms with van der Waals surface area (Å²) in [6.07, 6.45) is 6.51. The first kappa shape index (κ1) is 13.6. The van der Waals surface area contributed by atoms with Gasteiger partial charge in [0.2, 0.25) is 0 Å². The molecule has 4 rings (SSSR count). The predicted molar refractivity (Wildman–Crippen MR) is 88.9 cm³/mol. The number of nitrogens with one attached hydrogen (secondary N) is 2. The molecular formula is C18H22N4. The molecule has 2 aliphatic rings. The zero-order valence-electron chi connectivity index (χ0n) is 13.1. The summed E-state index contributed by atoms with van der Waals surface area (Å²) in [7, 11) is 0. The van der Waals surface area contributed by atoms with Crippen LogP contribution in [0.2, 0.25) is 0 Å². The van der Waals surface area contributed by atoms with Gasteiger partial charge < -0.3 is 10.6 Å². The number of hydrogen-bond donors (Lipinski definition) is 2. The molecule has 2 aromatic rings. The van der Waals surface area contributed by atoms with Gasteiger partial charge >= 0.3 is 0 Å². The van der Waals surface area contributed by atoms with Gasteiger partial charge in [-0.1, -0.05) is 13.0 Å². The molecule has 4 nitrogen and oxygen atoms in total. The molecule has 22 heavy (non-hydrogen) atoms. The second kappa shape index (κ2) is 5.27. The van der Waals surface area contributed by atoms with Crippen LogP contribution >= 0.6 is 0 Å². The topological polar surface area (TPSA) is 49.8 Å². The lowest BCUT2D eigenvalue weighted by atomic mass is 9.82. The summed E-state index contributed by atoms with van der Waals surface area (Å²) >= 11 is 0. The van der Waals surface area contributed by atoms with E-state index in [1.54, 1.807) is 0 Å². The van der Waals surface area contributed by atoms with Crippen molar-refractivity contribution in [2.45, 2.75) is 38.8 Å². The van der Waals surface area contributed by atoms with E-state index in [0.29, 0.717) is 12.0 Å². The van der Waals surface area contributed by atoms with Crippen molar-refractivity contribution >= 4 is 11.5 Å². The number of aromatic nitrogens is 2. The molecule has 1 aliphatic carbocycles. The lowest BCUT2D eigenvalue weighted by Gasteiger charge is -2.39. The van der Waals surface area contributed by atoms with Gasteiger partial charge in [0.05, 0.1) is 17.9 Å². The van der Waals surface area contributed by atoms with Crippen LogP contribution < -0.4 is 10.6 Å². The van der Waals surface area contributed by atoms with Gasteiger partial charge in [-0.3, -0.25) is 4.98 Å². The molecule has 2 aromatic heterocycles. The summed E-state index contributed by atoms with van der Waals surface area (Å²) < 4.78 is 0. The van der Waals surface area contributed by atoms with Crippen molar-refractivity contribution in [3.05, 3.63) is 47.9 Å². The highest BCUT2D eigenvalue weighted by Gasteiger charge is 2.42. The standard InChI is InChI=1S/C18H22N4/c1-11-4-3-5-16(20-11)22-18-12(2)17(13-6-7-13)21-15-10-19-9-8-14(15)18/h3-5,8-10,12-13,17-18,21H,6-7H2,1-2H3,(H,20,22)/t12-,17+,18+/m0/s1. The number of pyridine rings is 2. The van der Waals surface area contributed by atoms with Crippen LogP contribution in [0.3, 0.4) is 0 Å². The largest absolute Gasteiger partial charge is 0.380 e. The Hall–Kier alpha value is -2.10. The third kappa shape index (κ3) is 2.43. The molecule has 0 amide bonds. The molecule has 0 saturated heterocycles. The number of aryl methyl sites for hydroxylation is 1. The van der Waals surface area contributed by atoms with Crippen LogP contribution in [0.15, 0.2) is 36.7 Å². The fraction of sp³-hybridized carbons (Fsp3) is 0.444. The van der Waals surface area contributed by atoms with Gasteiger partial charge in [-0.15, -0.1) is 0 Å². The van der Waals surface area contributed by atoms with Crippen LogP contribution in [-0.2, 0) is 0 Å². The number of rotatable bonds is 3. The first-order valence-corrected chi connectivity index (χ1v) is 8.13. The number of anilines is 2. The summed E-state index contributed by atoms with van der Waals surface area (Å²) in [5, 5.41) is 7.37. The van der Waals surface area contributed by atoms with Gasteiger partial charge in [-0.05, 0) is 43.9 Å². The average molecular weight is 294 g/mol. The summed E-state index contributed by atoms with van der Waals surface area (Å²) in [6, 6.07) is 9.06. The van der Waals surface area contributed by atoms with Crippen molar-refractivity contribution in [3.8, 4) is 0 Å². The number of nitrogens with zero attached hydrogens (tertiary/aromatic N) is 2. The molecule has 0 unspecified atom stereocenters. The van der Waals surface area contributed by atoms with Crippen molar-refractivity contribution in [1.29, 1.82) is 0 Å². The van der Waals surface area contributed by atoms with E-state index in [9.17, 15) is 0 Å². The molecule has 2 N–H and O–H groups in total. The Morgan fingerprint density at radius 3 is 2.86 bits per heavy atom. The second-order valence-electron chi connectivity index (χ2n) is 6.62. The third-order valence-electron chi connectivity index (χ3n) is 4.93. The molecule has 3 atom stereocenters. The Labute approximate surface area is 131 Å². The van der Waals surface area contributed by atoms with Crippen molar-refractivity contribution in [2.24, 2.45) is 11.8 Å². The Bertz CT molecular complexity index is 680. The molecule has 3 heterocycles. The first-order chi connectivity index (χ1) is 10.7. The van der Waals surface area contributed by atoms with E-state index in [1.807, 2.05) is 25.4 Å². The van der Waals surface area contributed by atoms with E-state index >= 15 is 0 Å². The van der Waals surface area contributed by atoms with Gasteiger partial charge in [0, 0.05) is 29.4 Å². The van der Waals surface area contributed by atoms with Crippen LogP contribution in [0.4, 0.5) is 11.5 Å². The van der Waals surface area contributed by atoms with Crippen LogP contribution in [0.25, 0.3) is 0 Å². The van der Waals surface area contributed by atoms with E-state index in [1.165, 1.54) is 24.1 Å². The lowest BCUT2D eigenvalue weighted by molar-refractivity contribution is 0.377. The minimum absolute atomic E-state index is 0.277. The molecule has 0 spiro atoms. The molecule has 1 fully saturated rings. The summed E-state index contributed by atoms with van der Waals surface area (Å²) in [5.74, 6) is 2.28. The minimum atomic E-state index is 0.277. The number of hydrogen-bond acceptors (Lipinski definition) is 4. The zero-order chi connectivity index (χ0) is 15.1. The molecule has 0 bridgehead atoms. The maximum absolute atomic E-state index is 4.61. The van der Waals surface area contributed by atoms with Gasteiger partial charge in [-0.25, -0.2) is 4.98 Å². The maximum Gasteiger partial charge on any atom is 0.126 e. The highest BCUT2D eigenvalue weighted by atomic mass is 15.1. The van der Waals surface area contributed by atoms with Gasteiger partial charge in [0.25, 0.3) is 0 Å². The summed E-state index contributed by atoms with van der Waals surface area (Å²) in [5.41, 5.74) is 3.51. The van der Waals surface area contributed by atoms with Crippen LogP contribution in [-0.4, -0.2) is 16.0 Å². The van der Waals surface area contributed by atoms with E-state index in [-0.39, 0.29) is 6.04 Å². The second-order valence-corrected chi connectivity index (χ2v) is 6.62. The normalized spacial score (nSPS) is 26.9. The fourth-order valence-electron chi connectivity index (χ4n) is 3.59. The SMILES string of the molecule is Cc1cccc(N[C@H]2c3ccncc3N[C@@H](C3CC3)[C@@H]2C)n1. The molecule has 1 aliphatic heterocycles. The summed E-state index contributed by atoms with van der Waals surface area (Å²) in [6.45, 7) is 4.37. The van der Waals surface area contributed by atoms with E-state index in [4.69, 9.17) is 0 Å². The van der Waals surface area contributed by atoms with Gasteiger partial charge in [-0.2, -0.15) is 0 Å². The van der Waals surface area contributed by atoms with Crippen molar-refractivity contribution in [1.82, 2.24) is 9.97 Å². The average Bonchev–Trinajstić information content (AvgIpc) is 3.35. The van der Waals surface area contributed by atoms with E-state index in [2.05, 4.69) is 45.7 Å². The Morgan fingerprint density at radius 2 is 2.09 bits per heavy atom. The number of fused-ring (bicyclic) bond motifs is 1. The maximum atomic E-state index is 4.61. The highest BCUT2D eigenvalue weighted by Crippen LogP contribution is 2.46. The molecular weight excluding hydrogens is 272 g/mol.